The van der Waals surface area contributed by atoms with Crippen molar-refractivity contribution < 1.29 is 4.42 Å². The van der Waals surface area contributed by atoms with Gasteiger partial charge in [0.15, 0.2) is 5.28 Å². The first-order chi connectivity index (χ1) is 7.34. The van der Waals surface area contributed by atoms with Crippen molar-refractivity contribution >= 4 is 22.6 Å². The van der Waals surface area contributed by atoms with Crippen molar-refractivity contribution in [1.29, 1.82) is 0 Å². The number of nitrogens with zero attached hydrogens (tertiary/aromatic N) is 1. The molecule has 0 aliphatic heterocycles. The second-order valence-electron chi connectivity index (χ2n) is 3.23. The lowest BCUT2D eigenvalue weighted by molar-refractivity contribution is 0.617. The van der Waals surface area contributed by atoms with Gasteiger partial charge in [0.05, 0.1) is 11.9 Å². The fourth-order valence-corrected chi connectivity index (χ4v) is 1.77. The van der Waals surface area contributed by atoms with Gasteiger partial charge >= 0.3 is 0 Å². The molecule has 15 heavy (non-hydrogen) atoms. The maximum absolute atomic E-state index is 5.73. The van der Waals surface area contributed by atoms with Gasteiger partial charge in [0, 0.05) is 10.9 Å². The predicted molar refractivity (Wildman–Crippen MR) is 58.8 cm³/mol. The zero-order chi connectivity index (χ0) is 10.3. The Kier molecular flexibility index (Phi) is 1.79. The van der Waals surface area contributed by atoms with Crippen LogP contribution in [-0.2, 0) is 0 Å². The topological polar surface area (TPSA) is 41.8 Å². The van der Waals surface area contributed by atoms with Crippen LogP contribution >= 0.6 is 11.6 Å². The Morgan fingerprint density at radius 3 is 2.93 bits per heavy atom. The van der Waals surface area contributed by atoms with Gasteiger partial charge in [-0.2, -0.15) is 0 Å². The number of furan rings is 1. The summed E-state index contributed by atoms with van der Waals surface area (Å²) in [5, 5.41) is 1.44. The summed E-state index contributed by atoms with van der Waals surface area (Å²) in [5.74, 6) is 0. The molecular formula is C11H7ClN2O. The van der Waals surface area contributed by atoms with Gasteiger partial charge in [-0.05, 0) is 17.7 Å². The van der Waals surface area contributed by atoms with E-state index >= 15 is 0 Å². The summed E-state index contributed by atoms with van der Waals surface area (Å²) < 4.78 is 5.42. The van der Waals surface area contributed by atoms with E-state index < -0.39 is 0 Å². The molecule has 2 aromatic heterocycles. The largest absolute Gasteiger partial charge is 0.464 e. The van der Waals surface area contributed by atoms with Gasteiger partial charge in [-0.25, -0.2) is 4.98 Å². The molecule has 0 saturated heterocycles. The van der Waals surface area contributed by atoms with Crippen LogP contribution in [0.3, 0.4) is 0 Å². The first-order valence-electron chi connectivity index (χ1n) is 4.52. The zero-order valence-corrected chi connectivity index (χ0v) is 8.45. The van der Waals surface area contributed by atoms with Crippen LogP contribution in [0.5, 0.6) is 0 Å². The van der Waals surface area contributed by atoms with E-state index in [9.17, 15) is 0 Å². The van der Waals surface area contributed by atoms with Crippen molar-refractivity contribution in [2.45, 2.75) is 0 Å². The van der Waals surface area contributed by atoms with E-state index in [1.165, 1.54) is 0 Å². The van der Waals surface area contributed by atoms with Crippen LogP contribution in [0.15, 0.2) is 41.1 Å². The van der Waals surface area contributed by atoms with Crippen LogP contribution in [0.1, 0.15) is 0 Å². The van der Waals surface area contributed by atoms with E-state index in [1.54, 1.807) is 12.5 Å². The number of imidazole rings is 1. The zero-order valence-electron chi connectivity index (χ0n) is 7.70. The molecule has 3 nitrogen and oxygen atoms in total. The number of hydrogen-bond donors (Lipinski definition) is 1. The van der Waals surface area contributed by atoms with Gasteiger partial charge < -0.3 is 9.40 Å². The highest BCUT2D eigenvalue weighted by molar-refractivity contribution is 6.28. The Morgan fingerprint density at radius 2 is 2.13 bits per heavy atom. The predicted octanol–water partition coefficient (Wildman–Crippen LogP) is 3.48. The van der Waals surface area contributed by atoms with Gasteiger partial charge in [-0.3, -0.25) is 0 Å². The molecule has 3 aromatic rings. The van der Waals surface area contributed by atoms with Gasteiger partial charge in [0.1, 0.15) is 11.8 Å². The average molecular weight is 219 g/mol. The van der Waals surface area contributed by atoms with Crippen molar-refractivity contribution in [3.63, 3.8) is 0 Å². The second kappa shape index (κ2) is 3.14. The van der Waals surface area contributed by atoms with Crippen LogP contribution in [0.2, 0.25) is 5.28 Å². The first-order valence-corrected chi connectivity index (χ1v) is 4.89. The molecule has 0 aliphatic carbocycles. The maximum Gasteiger partial charge on any atom is 0.200 e. The van der Waals surface area contributed by atoms with E-state index in [0.29, 0.717) is 5.28 Å². The van der Waals surface area contributed by atoms with E-state index in [0.717, 1.165) is 22.2 Å². The fraction of sp³-hybridized carbons (Fsp3) is 0. The fourth-order valence-electron chi connectivity index (χ4n) is 1.62. The molecule has 0 unspecified atom stereocenters. The normalized spacial score (nSPS) is 11.0. The molecule has 0 bridgehead atoms. The van der Waals surface area contributed by atoms with Gasteiger partial charge in [-0.1, -0.05) is 18.2 Å². The minimum atomic E-state index is 0.385. The first kappa shape index (κ1) is 8.56. The van der Waals surface area contributed by atoms with E-state index in [1.807, 2.05) is 24.3 Å². The molecular weight excluding hydrogens is 212 g/mol. The summed E-state index contributed by atoms with van der Waals surface area (Å²) >= 11 is 5.73. The molecule has 0 aliphatic rings. The third-order valence-corrected chi connectivity index (χ3v) is 2.51. The number of benzene rings is 1. The average Bonchev–Trinajstić information content (AvgIpc) is 2.83. The lowest BCUT2D eigenvalue weighted by Crippen LogP contribution is -1.73. The molecule has 3 rings (SSSR count). The van der Waals surface area contributed by atoms with Crippen LogP contribution in [-0.4, -0.2) is 9.97 Å². The van der Waals surface area contributed by atoms with E-state index in [4.69, 9.17) is 16.0 Å². The molecule has 0 fully saturated rings. The monoisotopic (exact) mass is 218 g/mol. The summed E-state index contributed by atoms with van der Waals surface area (Å²) in [6.45, 7) is 0. The van der Waals surface area contributed by atoms with Gasteiger partial charge in [-0.15, -0.1) is 0 Å². The van der Waals surface area contributed by atoms with Crippen LogP contribution < -0.4 is 0 Å². The summed E-state index contributed by atoms with van der Waals surface area (Å²) in [5.41, 5.74) is 2.70. The number of hydrogen-bond acceptors (Lipinski definition) is 2. The van der Waals surface area contributed by atoms with Gasteiger partial charge in [0.25, 0.3) is 0 Å². The summed E-state index contributed by atoms with van der Waals surface area (Å²) in [7, 11) is 0. The highest BCUT2D eigenvalue weighted by Gasteiger charge is 2.09. The number of aromatic nitrogens is 2. The minimum absolute atomic E-state index is 0.385. The number of para-hydroxylation sites is 1. The lowest BCUT2D eigenvalue weighted by Gasteiger charge is -1.91. The molecule has 2 heterocycles. The van der Waals surface area contributed by atoms with Gasteiger partial charge in [0.2, 0.25) is 0 Å². The second-order valence-corrected chi connectivity index (χ2v) is 3.59. The van der Waals surface area contributed by atoms with E-state index in [-0.39, 0.29) is 0 Å². The smallest absolute Gasteiger partial charge is 0.200 e. The van der Waals surface area contributed by atoms with Crippen LogP contribution in [0.25, 0.3) is 22.2 Å². The minimum Gasteiger partial charge on any atom is -0.464 e. The molecule has 74 valence electrons. The standard InChI is InChI=1S/C11H7ClN2O/c12-11-13-5-9(14-11)8-6-15-10-4-2-1-3-7(8)10/h1-6H,(H,13,14). The Bertz CT molecular complexity index is 612. The summed E-state index contributed by atoms with van der Waals surface area (Å²) in [6, 6.07) is 7.84. The van der Waals surface area contributed by atoms with Crippen molar-refractivity contribution in [2.75, 3.05) is 0 Å². The van der Waals surface area contributed by atoms with Crippen molar-refractivity contribution in [1.82, 2.24) is 9.97 Å². The number of nitrogens with one attached hydrogen (secondary N) is 1. The maximum atomic E-state index is 5.73. The van der Waals surface area contributed by atoms with Crippen LogP contribution in [0.4, 0.5) is 0 Å². The van der Waals surface area contributed by atoms with Crippen molar-refractivity contribution in [3.05, 3.63) is 42.0 Å². The molecule has 4 heteroatoms. The number of aromatic amines is 1. The highest BCUT2D eigenvalue weighted by atomic mass is 35.5. The lowest BCUT2D eigenvalue weighted by atomic mass is 10.1. The SMILES string of the molecule is Clc1ncc(-c2coc3ccccc23)[nH]1. The van der Waals surface area contributed by atoms with Crippen molar-refractivity contribution in [3.8, 4) is 11.3 Å². The van der Waals surface area contributed by atoms with E-state index in [2.05, 4.69) is 9.97 Å². The Balaban J connectivity index is 2.27. The third kappa shape index (κ3) is 1.32. The molecule has 0 atom stereocenters. The quantitative estimate of drug-likeness (QED) is 0.680. The molecule has 1 N–H and O–H groups in total. The highest BCUT2D eigenvalue weighted by Crippen LogP contribution is 2.29. The number of fused-ring (bicyclic) bond motifs is 1. The summed E-state index contributed by atoms with van der Waals surface area (Å²) in [4.78, 5) is 6.91. The molecule has 0 spiro atoms. The molecule has 1 aromatic carbocycles. The Labute approximate surface area is 90.7 Å². The molecule has 0 radical (unpaired) electrons. The Morgan fingerprint density at radius 1 is 1.27 bits per heavy atom. The summed E-state index contributed by atoms with van der Waals surface area (Å²) in [6.07, 6.45) is 3.40. The molecule has 0 amide bonds. The van der Waals surface area contributed by atoms with Crippen molar-refractivity contribution in [2.24, 2.45) is 0 Å². The number of H-pyrrole nitrogens is 1. The third-order valence-electron chi connectivity index (χ3n) is 2.32. The Hall–Kier alpha value is -1.74. The number of rotatable bonds is 1. The van der Waals surface area contributed by atoms with Crippen LogP contribution in [0, 0.1) is 0 Å². The number of halogens is 1. The molecule has 0 saturated carbocycles.